The lowest BCUT2D eigenvalue weighted by atomic mass is 10.2. The minimum Gasteiger partial charge on any atom is -0.380 e. The van der Waals surface area contributed by atoms with Gasteiger partial charge in [-0.1, -0.05) is 13.8 Å². The van der Waals surface area contributed by atoms with E-state index in [9.17, 15) is 0 Å². The molecule has 0 aliphatic rings. The molecule has 0 aromatic carbocycles. The average molecular weight is 169 g/mol. The van der Waals surface area contributed by atoms with Crippen LogP contribution in [0.4, 0.5) is 0 Å². The fourth-order valence-electron chi connectivity index (χ4n) is 0.749. The van der Waals surface area contributed by atoms with Gasteiger partial charge in [0.05, 0.1) is 6.61 Å². The Morgan fingerprint density at radius 1 is 1.42 bits per heavy atom. The molecule has 12 heavy (non-hydrogen) atoms. The van der Waals surface area contributed by atoms with Crippen molar-refractivity contribution >= 4 is 0 Å². The van der Waals surface area contributed by atoms with E-state index in [0.717, 1.165) is 32.7 Å². The monoisotopic (exact) mass is 169 g/mol. The molecule has 0 heterocycles. The quantitative estimate of drug-likeness (QED) is 0.458. The SMILES string of the molecule is C#CCCNCCOCC(C)C. The minimum atomic E-state index is 0.621. The van der Waals surface area contributed by atoms with Gasteiger partial charge in [0.25, 0.3) is 0 Å². The van der Waals surface area contributed by atoms with Crippen LogP contribution in [0.1, 0.15) is 20.3 Å². The lowest BCUT2D eigenvalue weighted by Crippen LogP contribution is -2.21. The first-order valence-electron chi connectivity index (χ1n) is 4.49. The fourth-order valence-corrected chi connectivity index (χ4v) is 0.749. The second-order valence-electron chi connectivity index (χ2n) is 3.17. The molecule has 0 unspecified atom stereocenters. The molecule has 0 amide bonds. The van der Waals surface area contributed by atoms with E-state index in [1.165, 1.54) is 0 Å². The number of terminal acetylenes is 1. The first-order chi connectivity index (χ1) is 5.77. The maximum atomic E-state index is 5.36. The summed E-state index contributed by atoms with van der Waals surface area (Å²) in [5, 5.41) is 3.19. The molecule has 0 bridgehead atoms. The Hall–Kier alpha value is -0.520. The lowest BCUT2D eigenvalue weighted by Gasteiger charge is -2.06. The van der Waals surface area contributed by atoms with Gasteiger partial charge in [-0.2, -0.15) is 0 Å². The van der Waals surface area contributed by atoms with Gasteiger partial charge < -0.3 is 10.1 Å². The molecule has 0 saturated heterocycles. The van der Waals surface area contributed by atoms with Gasteiger partial charge in [-0.15, -0.1) is 12.3 Å². The third-order valence-corrected chi connectivity index (χ3v) is 1.32. The highest BCUT2D eigenvalue weighted by Crippen LogP contribution is 1.90. The van der Waals surface area contributed by atoms with Crippen LogP contribution < -0.4 is 5.32 Å². The molecule has 0 fully saturated rings. The predicted octanol–water partition coefficient (Wildman–Crippen LogP) is 1.27. The van der Waals surface area contributed by atoms with Gasteiger partial charge in [-0.05, 0) is 5.92 Å². The molecule has 0 radical (unpaired) electrons. The Kier molecular flexibility index (Phi) is 8.20. The number of hydrogen-bond acceptors (Lipinski definition) is 2. The van der Waals surface area contributed by atoms with Gasteiger partial charge in [0.15, 0.2) is 0 Å². The third-order valence-electron chi connectivity index (χ3n) is 1.32. The smallest absolute Gasteiger partial charge is 0.0591 e. The van der Waals surface area contributed by atoms with E-state index in [1.807, 2.05) is 0 Å². The number of rotatable bonds is 7. The van der Waals surface area contributed by atoms with Crippen molar-refractivity contribution in [3.63, 3.8) is 0 Å². The molecule has 1 N–H and O–H groups in total. The predicted molar refractivity (Wildman–Crippen MR) is 52.0 cm³/mol. The molecule has 0 atom stereocenters. The van der Waals surface area contributed by atoms with Crippen molar-refractivity contribution in [2.45, 2.75) is 20.3 Å². The largest absolute Gasteiger partial charge is 0.380 e. The highest BCUT2D eigenvalue weighted by molar-refractivity contribution is 4.83. The Labute approximate surface area is 75.7 Å². The number of ether oxygens (including phenoxy) is 1. The maximum absolute atomic E-state index is 5.36. The Bertz CT molecular complexity index is 126. The van der Waals surface area contributed by atoms with Crippen LogP contribution in [0.25, 0.3) is 0 Å². The van der Waals surface area contributed by atoms with Gasteiger partial charge in [-0.25, -0.2) is 0 Å². The second-order valence-corrected chi connectivity index (χ2v) is 3.17. The van der Waals surface area contributed by atoms with E-state index >= 15 is 0 Å². The number of nitrogens with one attached hydrogen (secondary N) is 1. The van der Waals surface area contributed by atoms with Crippen molar-refractivity contribution in [1.29, 1.82) is 0 Å². The Morgan fingerprint density at radius 3 is 2.75 bits per heavy atom. The average Bonchev–Trinajstić information content (AvgIpc) is 2.02. The number of hydrogen-bond donors (Lipinski definition) is 1. The van der Waals surface area contributed by atoms with Crippen LogP contribution in [0.2, 0.25) is 0 Å². The highest BCUT2D eigenvalue weighted by Gasteiger charge is 1.92. The fraction of sp³-hybridized carbons (Fsp3) is 0.800. The second kappa shape index (κ2) is 8.58. The summed E-state index contributed by atoms with van der Waals surface area (Å²) in [7, 11) is 0. The molecular formula is C10H19NO. The lowest BCUT2D eigenvalue weighted by molar-refractivity contribution is 0.112. The molecule has 2 nitrogen and oxygen atoms in total. The van der Waals surface area contributed by atoms with E-state index in [1.54, 1.807) is 0 Å². The zero-order valence-electron chi connectivity index (χ0n) is 8.10. The van der Waals surface area contributed by atoms with Crippen LogP contribution in [0.15, 0.2) is 0 Å². The molecule has 0 saturated carbocycles. The van der Waals surface area contributed by atoms with E-state index < -0.39 is 0 Å². The van der Waals surface area contributed by atoms with Crippen LogP contribution in [0.3, 0.4) is 0 Å². The normalized spacial score (nSPS) is 10.2. The summed E-state index contributed by atoms with van der Waals surface area (Å²) in [6, 6.07) is 0. The summed E-state index contributed by atoms with van der Waals surface area (Å²) in [5.41, 5.74) is 0. The zero-order chi connectivity index (χ0) is 9.23. The summed E-state index contributed by atoms with van der Waals surface area (Å²) >= 11 is 0. The molecule has 0 spiro atoms. The van der Waals surface area contributed by atoms with E-state index in [4.69, 9.17) is 11.2 Å². The maximum Gasteiger partial charge on any atom is 0.0591 e. The van der Waals surface area contributed by atoms with Gasteiger partial charge >= 0.3 is 0 Å². The summed E-state index contributed by atoms with van der Waals surface area (Å²) in [6.45, 7) is 7.70. The van der Waals surface area contributed by atoms with Crippen LogP contribution >= 0.6 is 0 Å². The van der Waals surface area contributed by atoms with E-state index in [-0.39, 0.29) is 0 Å². The molecule has 70 valence electrons. The Morgan fingerprint density at radius 2 is 2.17 bits per heavy atom. The van der Waals surface area contributed by atoms with Crippen molar-refractivity contribution in [3.05, 3.63) is 0 Å². The summed E-state index contributed by atoms with van der Waals surface area (Å²) in [6.07, 6.45) is 5.88. The molecule has 0 aromatic rings. The Balaban J connectivity index is 2.87. The molecule has 0 aliphatic heterocycles. The van der Waals surface area contributed by atoms with Crippen LogP contribution in [0, 0.1) is 18.3 Å². The summed E-state index contributed by atoms with van der Waals surface area (Å²) in [4.78, 5) is 0. The van der Waals surface area contributed by atoms with E-state index in [0.29, 0.717) is 5.92 Å². The first kappa shape index (κ1) is 11.5. The standard InChI is InChI=1S/C10H19NO/c1-4-5-6-11-7-8-12-9-10(2)3/h1,10-11H,5-9H2,2-3H3. The van der Waals surface area contributed by atoms with Gasteiger partial charge in [0.1, 0.15) is 0 Å². The first-order valence-corrected chi connectivity index (χ1v) is 4.49. The highest BCUT2D eigenvalue weighted by atomic mass is 16.5. The molecule has 0 rings (SSSR count). The topological polar surface area (TPSA) is 21.3 Å². The van der Waals surface area contributed by atoms with Gasteiger partial charge in [0.2, 0.25) is 0 Å². The molecular weight excluding hydrogens is 150 g/mol. The van der Waals surface area contributed by atoms with Crippen molar-refractivity contribution in [2.75, 3.05) is 26.3 Å². The van der Waals surface area contributed by atoms with Crippen molar-refractivity contribution in [1.82, 2.24) is 5.32 Å². The van der Waals surface area contributed by atoms with Crippen molar-refractivity contribution in [3.8, 4) is 12.3 Å². The minimum absolute atomic E-state index is 0.621. The molecule has 2 heteroatoms. The van der Waals surface area contributed by atoms with Gasteiger partial charge in [0, 0.05) is 26.1 Å². The summed E-state index contributed by atoms with van der Waals surface area (Å²) < 4.78 is 5.36. The summed E-state index contributed by atoms with van der Waals surface area (Å²) in [5.74, 6) is 3.19. The molecule has 0 aliphatic carbocycles. The zero-order valence-corrected chi connectivity index (χ0v) is 8.10. The molecule has 0 aromatic heterocycles. The van der Waals surface area contributed by atoms with Crippen molar-refractivity contribution < 1.29 is 4.74 Å². The van der Waals surface area contributed by atoms with Crippen molar-refractivity contribution in [2.24, 2.45) is 5.92 Å². The van der Waals surface area contributed by atoms with Crippen LogP contribution in [-0.4, -0.2) is 26.3 Å². The van der Waals surface area contributed by atoms with Crippen LogP contribution in [-0.2, 0) is 4.74 Å². The van der Waals surface area contributed by atoms with E-state index in [2.05, 4.69) is 25.1 Å². The van der Waals surface area contributed by atoms with Gasteiger partial charge in [-0.3, -0.25) is 0 Å². The van der Waals surface area contributed by atoms with Crippen LogP contribution in [0.5, 0.6) is 0 Å². The third kappa shape index (κ3) is 9.48.